The smallest absolute Gasteiger partial charge is 0.214 e. The predicted molar refractivity (Wildman–Crippen MR) is 161 cm³/mol. The van der Waals surface area contributed by atoms with E-state index in [1.165, 1.54) is 44.0 Å². The molecule has 0 radical (unpaired) electrons. The molecule has 1 aliphatic heterocycles. The lowest BCUT2D eigenvalue weighted by molar-refractivity contribution is -0.436. The fourth-order valence-electron chi connectivity index (χ4n) is 5.84. The molecule has 0 aliphatic carbocycles. The van der Waals surface area contributed by atoms with Crippen LogP contribution in [0.3, 0.4) is 0 Å². The fourth-order valence-corrected chi connectivity index (χ4v) is 6.28. The summed E-state index contributed by atoms with van der Waals surface area (Å²) in [4.78, 5) is 0. The van der Waals surface area contributed by atoms with Gasteiger partial charge in [-0.25, -0.2) is 0 Å². The SMILES string of the molecule is CCCCn1/c(=C\C=C\C2=[N+](CCCC)c3ccc(Cl)c4cccc2c34)c2cccc3c(Cl)ccc1c32. The van der Waals surface area contributed by atoms with E-state index < -0.39 is 0 Å². The summed E-state index contributed by atoms with van der Waals surface area (Å²) < 4.78 is 4.93. The molecule has 4 aromatic carbocycles. The van der Waals surface area contributed by atoms with Gasteiger partial charge >= 0.3 is 0 Å². The molecule has 6 rings (SSSR count). The number of rotatable bonds is 8. The number of hydrogen-bond acceptors (Lipinski definition) is 0. The average molecular weight is 527 g/mol. The molecule has 0 amide bonds. The Hall–Kier alpha value is -3.07. The quantitative estimate of drug-likeness (QED) is 0.178. The van der Waals surface area contributed by atoms with Gasteiger partial charge in [-0.05, 0) is 36.8 Å². The Bertz CT molecular complexity index is 1770. The maximum Gasteiger partial charge on any atom is 0.214 e. The third-order valence-electron chi connectivity index (χ3n) is 7.62. The Kier molecular flexibility index (Phi) is 6.56. The number of benzene rings is 4. The van der Waals surface area contributed by atoms with Gasteiger partial charge in [0.2, 0.25) is 11.4 Å². The molecule has 2 heterocycles. The van der Waals surface area contributed by atoms with E-state index in [9.17, 15) is 0 Å². The standard InChI is InChI=1S/C33H31Cl2N2/c1-3-5-20-36-28(24-12-7-10-22-26(34)16-18-30(36)32(22)24)14-9-15-29-25-13-8-11-23-27(35)17-19-31(33(23)25)37(29)21-6-4-2/h7-19H,3-6,20-21H2,1-2H3/q+1. The van der Waals surface area contributed by atoms with Crippen LogP contribution >= 0.6 is 23.2 Å². The van der Waals surface area contributed by atoms with E-state index in [2.05, 4.69) is 89.7 Å². The maximum atomic E-state index is 6.60. The van der Waals surface area contributed by atoms with Gasteiger partial charge in [0.15, 0.2) is 0 Å². The monoisotopic (exact) mass is 525 g/mol. The van der Waals surface area contributed by atoms with Crippen molar-refractivity contribution in [2.24, 2.45) is 0 Å². The lowest BCUT2D eigenvalue weighted by Crippen LogP contribution is -2.16. The highest BCUT2D eigenvalue weighted by Crippen LogP contribution is 2.39. The first-order chi connectivity index (χ1) is 18.1. The molecule has 2 nitrogen and oxygen atoms in total. The van der Waals surface area contributed by atoms with Crippen molar-refractivity contribution in [3.8, 4) is 0 Å². The Morgan fingerprint density at radius 1 is 0.784 bits per heavy atom. The summed E-state index contributed by atoms with van der Waals surface area (Å²) in [5.41, 5.74) is 5.01. The van der Waals surface area contributed by atoms with Crippen LogP contribution in [0.15, 0.2) is 72.8 Å². The minimum Gasteiger partial charge on any atom is -0.340 e. The van der Waals surface area contributed by atoms with Crippen molar-refractivity contribution in [1.29, 1.82) is 0 Å². The van der Waals surface area contributed by atoms with E-state index in [0.29, 0.717) is 0 Å². The second-order valence-electron chi connectivity index (χ2n) is 9.90. The molecule has 1 aromatic heterocycles. The number of allylic oxidation sites excluding steroid dienone is 2. The highest BCUT2D eigenvalue weighted by Gasteiger charge is 2.30. The molecule has 5 aromatic rings. The summed E-state index contributed by atoms with van der Waals surface area (Å²) in [6.45, 7) is 6.47. The highest BCUT2D eigenvalue weighted by molar-refractivity contribution is 6.38. The topological polar surface area (TPSA) is 7.94 Å². The Morgan fingerprint density at radius 2 is 1.49 bits per heavy atom. The molecule has 0 unspecified atom stereocenters. The predicted octanol–water partition coefficient (Wildman–Crippen LogP) is 9.06. The second kappa shape index (κ2) is 10.0. The second-order valence-corrected chi connectivity index (χ2v) is 10.7. The van der Waals surface area contributed by atoms with Crippen molar-refractivity contribution in [2.75, 3.05) is 6.54 Å². The van der Waals surface area contributed by atoms with Gasteiger partial charge < -0.3 is 4.57 Å². The molecule has 186 valence electrons. The molecule has 0 bridgehead atoms. The third-order valence-corrected chi connectivity index (χ3v) is 8.28. The molecule has 0 spiro atoms. The lowest BCUT2D eigenvalue weighted by atomic mass is 10.0. The van der Waals surface area contributed by atoms with Gasteiger partial charge in [0.05, 0.1) is 10.9 Å². The number of aryl methyl sites for hydroxylation is 1. The number of aromatic nitrogens is 1. The zero-order chi connectivity index (χ0) is 25.5. The van der Waals surface area contributed by atoms with Crippen LogP contribution in [0, 0.1) is 0 Å². The first kappa shape index (κ1) is 24.3. The molecule has 0 atom stereocenters. The van der Waals surface area contributed by atoms with Crippen molar-refractivity contribution in [2.45, 2.75) is 46.1 Å². The van der Waals surface area contributed by atoms with E-state index >= 15 is 0 Å². The normalized spacial score (nSPS) is 14.0. The van der Waals surface area contributed by atoms with Crippen molar-refractivity contribution in [3.05, 3.63) is 93.8 Å². The summed E-state index contributed by atoms with van der Waals surface area (Å²) in [6, 6.07) is 21.4. The number of unbranched alkanes of at least 4 members (excludes halogenated alkanes) is 2. The van der Waals surface area contributed by atoms with Crippen LogP contribution in [0.1, 0.15) is 45.1 Å². The minimum atomic E-state index is 0.811. The number of hydrogen-bond donors (Lipinski definition) is 0. The molecule has 37 heavy (non-hydrogen) atoms. The first-order valence-electron chi connectivity index (χ1n) is 13.4. The van der Waals surface area contributed by atoms with Crippen LogP contribution in [-0.2, 0) is 6.54 Å². The molecule has 0 fully saturated rings. The van der Waals surface area contributed by atoms with E-state index in [1.807, 2.05) is 12.1 Å². The van der Waals surface area contributed by atoms with E-state index in [4.69, 9.17) is 23.2 Å². The van der Waals surface area contributed by atoms with Crippen molar-refractivity contribution in [1.82, 2.24) is 4.57 Å². The summed E-state index contributed by atoms with van der Waals surface area (Å²) >= 11 is 13.2. The van der Waals surface area contributed by atoms with E-state index in [-0.39, 0.29) is 0 Å². The summed E-state index contributed by atoms with van der Waals surface area (Å²) in [5, 5.41) is 8.89. The average Bonchev–Trinajstić information content (AvgIpc) is 3.39. The lowest BCUT2D eigenvalue weighted by Gasteiger charge is -2.06. The first-order valence-corrected chi connectivity index (χ1v) is 14.1. The molecule has 4 heteroatoms. The maximum absolute atomic E-state index is 6.60. The third kappa shape index (κ3) is 3.98. The van der Waals surface area contributed by atoms with E-state index in [0.717, 1.165) is 59.6 Å². The van der Waals surface area contributed by atoms with E-state index in [1.54, 1.807) is 0 Å². The molecule has 0 N–H and O–H groups in total. The molecule has 0 saturated carbocycles. The van der Waals surface area contributed by atoms with Gasteiger partial charge in [-0.15, -0.1) is 0 Å². The van der Waals surface area contributed by atoms with Crippen LogP contribution in [0.25, 0.3) is 38.5 Å². The Labute approximate surface area is 228 Å². The zero-order valence-electron chi connectivity index (χ0n) is 21.4. The molecular formula is C33H31Cl2N2+. The van der Waals surface area contributed by atoms with Crippen LogP contribution in [0.2, 0.25) is 10.0 Å². The zero-order valence-corrected chi connectivity index (χ0v) is 22.9. The summed E-state index contributed by atoms with van der Waals surface area (Å²) in [7, 11) is 0. The molecular weight excluding hydrogens is 495 g/mol. The van der Waals surface area contributed by atoms with Crippen LogP contribution in [-0.4, -0.2) is 21.4 Å². The van der Waals surface area contributed by atoms with Gasteiger partial charge in [-0.1, -0.05) is 86.3 Å². The minimum absolute atomic E-state index is 0.811. The van der Waals surface area contributed by atoms with Gasteiger partial charge in [0.1, 0.15) is 6.54 Å². The Balaban J connectivity index is 1.53. The van der Waals surface area contributed by atoms with Gasteiger partial charge in [0, 0.05) is 67.6 Å². The highest BCUT2D eigenvalue weighted by atomic mass is 35.5. The van der Waals surface area contributed by atoms with Gasteiger partial charge in [-0.2, -0.15) is 4.58 Å². The molecule has 1 aliphatic rings. The number of nitrogens with zero attached hydrogens (tertiary/aromatic N) is 2. The Morgan fingerprint density at radius 3 is 2.27 bits per heavy atom. The summed E-state index contributed by atoms with van der Waals surface area (Å²) in [6.07, 6.45) is 11.4. The van der Waals surface area contributed by atoms with Crippen LogP contribution in [0.5, 0.6) is 0 Å². The summed E-state index contributed by atoms with van der Waals surface area (Å²) in [5.74, 6) is 0. The van der Waals surface area contributed by atoms with Crippen molar-refractivity contribution >= 4 is 73.1 Å². The van der Waals surface area contributed by atoms with Crippen LogP contribution in [0.4, 0.5) is 5.69 Å². The van der Waals surface area contributed by atoms with Crippen LogP contribution < -0.4 is 5.35 Å². The van der Waals surface area contributed by atoms with Crippen molar-refractivity contribution < 1.29 is 4.58 Å². The number of halogens is 2. The van der Waals surface area contributed by atoms with Gasteiger partial charge in [0.25, 0.3) is 0 Å². The fraction of sp³-hybridized carbons (Fsp3) is 0.242. The molecule has 0 saturated heterocycles. The largest absolute Gasteiger partial charge is 0.340 e. The van der Waals surface area contributed by atoms with Crippen molar-refractivity contribution in [3.63, 3.8) is 0 Å². The van der Waals surface area contributed by atoms with Gasteiger partial charge in [-0.3, -0.25) is 0 Å².